The number of rotatable bonds is 2. The van der Waals surface area contributed by atoms with E-state index in [-0.39, 0.29) is 24.4 Å². The molecule has 0 saturated carbocycles. The van der Waals surface area contributed by atoms with Crippen molar-refractivity contribution in [1.82, 2.24) is 14.7 Å². The summed E-state index contributed by atoms with van der Waals surface area (Å²) in [6.45, 7) is 5.50. The number of aryl methyl sites for hydroxylation is 2. The quantitative estimate of drug-likeness (QED) is 0.892. The van der Waals surface area contributed by atoms with Crippen molar-refractivity contribution in [3.63, 3.8) is 0 Å². The largest absolute Gasteiger partial charge is 0.338 e. The van der Waals surface area contributed by atoms with Gasteiger partial charge < -0.3 is 10.6 Å². The van der Waals surface area contributed by atoms with Crippen LogP contribution in [0.5, 0.6) is 0 Å². The lowest BCUT2D eigenvalue weighted by Crippen LogP contribution is -2.45. The molecule has 108 valence electrons. The smallest absolute Gasteiger partial charge is 0.257 e. The molecule has 6 heteroatoms. The Kier molecular flexibility index (Phi) is 5.38. The van der Waals surface area contributed by atoms with Gasteiger partial charge >= 0.3 is 0 Å². The Morgan fingerprint density at radius 3 is 2.79 bits per heavy atom. The van der Waals surface area contributed by atoms with E-state index in [0.29, 0.717) is 11.5 Å². The fourth-order valence-electron chi connectivity index (χ4n) is 2.60. The van der Waals surface area contributed by atoms with Gasteiger partial charge in [0.2, 0.25) is 0 Å². The first-order valence-electron chi connectivity index (χ1n) is 6.54. The van der Waals surface area contributed by atoms with Crippen molar-refractivity contribution in [2.75, 3.05) is 13.1 Å². The highest BCUT2D eigenvalue weighted by Gasteiger charge is 2.27. The molecule has 1 amide bonds. The molecule has 1 fully saturated rings. The highest BCUT2D eigenvalue weighted by molar-refractivity contribution is 5.95. The van der Waals surface area contributed by atoms with Crippen LogP contribution in [-0.2, 0) is 7.05 Å². The molecule has 0 aromatic carbocycles. The standard InChI is InChI=1S/C13H22N4O.ClH/c1-9(14)11-5-4-6-17(7-11)13(18)12-8-16(3)15-10(12)2;/h8-9,11H,4-7,14H2,1-3H3;1H. The van der Waals surface area contributed by atoms with Crippen LogP contribution < -0.4 is 5.73 Å². The third kappa shape index (κ3) is 3.48. The normalized spacial score (nSPS) is 20.8. The van der Waals surface area contributed by atoms with Crippen LogP contribution in [0.3, 0.4) is 0 Å². The molecular weight excluding hydrogens is 264 g/mol. The summed E-state index contributed by atoms with van der Waals surface area (Å²) in [5, 5.41) is 4.23. The molecule has 2 rings (SSSR count). The van der Waals surface area contributed by atoms with Crippen molar-refractivity contribution in [2.24, 2.45) is 18.7 Å². The second kappa shape index (κ2) is 6.39. The van der Waals surface area contributed by atoms with E-state index in [0.717, 1.165) is 31.6 Å². The van der Waals surface area contributed by atoms with E-state index < -0.39 is 0 Å². The number of nitrogens with two attached hydrogens (primary N) is 1. The van der Waals surface area contributed by atoms with E-state index in [2.05, 4.69) is 5.10 Å². The fraction of sp³-hybridized carbons (Fsp3) is 0.692. The number of halogens is 1. The van der Waals surface area contributed by atoms with Crippen molar-refractivity contribution < 1.29 is 4.79 Å². The summed E-state index contributed by atoms with van der Waals surface area (Å²) in [6, 6.07) is 0.149. The van der Waals surface area contributed by atoms with Crippen LogP contribution >= 0.6 is 12.4 Å². The highest BCUT2D eigenvalue weighted by Crippen LogP contribution is 2.21. The predicted molar refractivity (Wildman–Crippen MR) is 77.5 cm³/mol. The summed E-state index contributed by atoms with van der Waals surface area (Å²) in [4.78, 5) is 14.4. The van der Waals surface area contributed by atoms with Gasteiger partial charge in [-0.05, 0) is 32.6 Å². The molecule has 0 radical (unpaired) electrons. The van der Waals surface area contributed by atoms with Crippen molar-refractivity contribution >= 4 is 18.3 Å². The zero-order valence-electron chi connectivity index (χ0n) is 11.8. The number of hydrogen-bond acceptors (Lipinski definition) is 3. The maximum Gasteiger partial charge on any atom is 0.257 e. The van der Waals surface area contributed by atoms with Gasteiger partial charge in [0.05, 0.1) is 11.3 Å². The Hall–Kier alpha value is -1.07. The Bertz CT molecular complexity index is 444. The molecular formula is C13H23ClN4O. The molecule has 0 spiro atoms. The number of amides is 1. The number of likely N-dealkylation sites (tertiary alicyclic amines) is 1. The maximum absolute atomic E-state index is 12.4. The summed E-state index contributed by atoms with van der Waals surface area (Å²) >= 11 is 0. The van der Waals surface area contributed by atoms with Crippen LogP contribution in [-0.4, -0.2) is 39.7 Å². The van der Waals surface area contributed by atoms with Crippen LogP contribution in [0.15, 0.2) is 6.20 Å². The van der Waals surface area contributed by atoms with Gasteiger partial charge in [-0.1, -0.05) is 0 Å². The van der Waals surface area contributed by atoms with E-state index in [9.17, 15) is 4.79 Å². The molecule has 1 saturated heterocycles. The minimum Gasteiger partial charge on any atom is -0.338 e. The Morgan fingerprint density at radius 2 is 2.26 bits per heavy atom. The van der Waals surface area contributed by atoms with Gasteiger partial charge in [0, 0.05) is 32.4 Å². The zero-order chi connectivity index (χ0) is 13.3. The Balaban J connectivity index is 0.00000180. The zero-order valence-corrected chi connectivity index (χ0v) is 12.6. The number of carbonyl (C=O) groups is 1. The molecule has 5 nitrogen and oxygen atoms in total. The first-order valence-corrected chi connectivity index (χ1v) is 6.54. The Labute approximate surface area is 120 Å². The van der Waals surface area contributed by atoms with Gasteiger partial charge in [-0.15, -0.1) is 12.4 Å². The third-order valence-corrected chi connectivity index (χ3v) is 3.73. The molecule has 1 aromatic heterocycles. The monoisotopic (exact) mass is 286 g/mol. The predicted octanol–water partition coefficient (Wildman–Crippen LogP) is 1.35. The van der Waals surface area contributed by atoms with Crippen molar-refractivity contribution in [1.29, 1.82) is 0 Å². The van der Waals surface area contributed by atoms with E-state index in [1.165, 1.54) is 0 Å². The number of hydrogen-bond donors (Lipinski definition) is 1. The van der Waals surface area contributed by atoms with Gasteiger partial charge in [-0.25, -0.2) is 0 Å². The number of nitrogens with zero attached hydrogens (tertiary/aromatic N) is 3. The molecule has 0 aliphatic carbocycles. The average Bonchev–Trinajstić information content (AvgIpc) is 2.67. The van der Waals surface area contributed by atoms with E-state index in [1.54, 1.807) is 10.9 Å². The molecule has 2 N–H and O–H groups in total. The first-order chi connectivity index (χ1) is 8.49. The lowest BCUT2D eigenvalue weighted by atomic mass is 9.92. The van der Waals surface area contributed by atoms with E-state index in [1.807, 2.05) is 25.8 Å². The average molecular weight is 287 g/mol. The summed E-state index contributed by atoms with van der Waals surface area (Å²) in [5.41, 5.74) is 7.46. The van der Waals surface area contributed by atoms with Gasteiger partial charge in [-0.3, -0.25) is 9.48 Å². The molecule has 2 heterocycles. The van der Waals surface area contributed by atoms with Gasteiger partial charge in [0.1, 0.15) is 0 Å². The van der Waals surface area contributed by atoms with E-state index in [4.69, 9.17) is 5.73 Å². The van der Waals surface area contributed by atoms with Gasteiger partial charge in [-0.2, -0.15) is 5.10 Å². The SMILES string of the molecule is Cc1nn(C)cc1C(=O)N1CCCC(C(C)N)C1.Cl. The molecule has 2 atom stereocenters. The molecule has 1 aliphatic heterocycles. The summed E-state index contributed by atoms with van der Waals surface area (Å²) < 4.78 is 1.69. The number of piperidine rings is 1. The fourth-order valence-corrected chi connectivity index (χ4v) is 2.60. The minimum absolute atomic E-state index is 0. The summed E-state index contributed by atoms with van der Waals surface area (Å²) in [5.74, 6) is 0.505. The highest BCUT2D eigenvalue weighted by atomic mass is 35.5. The topological polar surface area (TPSA) is 64.2 Å². The second-order valence-corrected chi connectivity index (χ2v) is 5.31. The van der Waals surface area contributed by atoms with E-state index >= 15 is 0 Å². The molecule has 1 aliphatic rings. The van der Waals surface area contributed by atoms with Crippen LogP contribution in [0.25, 0.3) is 0 Å². The van der Waals surface area contributed by atoms with Crippen molar-refractivity contribution in [3.8, 4) is 0 Å². The summed E-state index contributed by atoms with van der Waals surface area (Å²) in [6.07, 6.45) is 3.96. The molecule has 1 aromatic rings. The lowest BCUT2D eigenvalue weighted by molar-refractivity contribution is 0.0660. The number of carbonyl (C=O) groups excluding carboxylic acids is 1. The van der Waals surface area contributed by atoms with Crippen LogP contribution in [0, 0.1) is 12.8 Å². The first kappa shape index (κ1) is 16.0. The van der Waals surface area contributed by atoms with Crippen LogP contribution in [0.4, 0.5) is 0 Å². The number of aromatic nitrogens is 2. The van der Waals surface area contributed by atoms with Crippen molar-refractivity contribution in [3.05, 3.63) is 17.5 Å². The van der Waals surface area contributed by atoms with Crippen LogP contribution in [0.2, 0.25) is 0 Å². The second-order valence-electron chi connectivity index (χ2n) is 5.31. The maximum atomic E-state index is 12.4. The molecule has 0 bridgehead atoms. The van der Waals surface area contributed by atoms with Gasteiger partial charge in [0.15, 0.2) is 0 Å². The molecule has 19 heavy (non-hydrogen) atoms. The summed E-state index contributed by atoms with van der Waals surface area (Å²) in [7, 11) is 1.84. The Morgan fingerprint density at radius 1 is 1.58 bits per heavy atom. The minimum atomic E-state index is 0. The van der Waals surface area contributed by atoms with Crippen LogP contribution in [0.1, 0.15) is 35.8 Å². The van der Waals surface area contributed by atoms with Crippen molar-refractivity contribution in [2.45, 2.75) is 32.7 Å². The third-order valence-electron chi connectivity index (χ3n) is 3.73. The van der Waals surface area contributed by atoms with Gasteiger partial charge in [0.25, 0.3) is 5.91 Å². The molecule has 2 unspecified atom stereocenters. The lowest BCUT2D eigenvalue weighted by Gasteiger charge is -2.34.